The number of nitrogens with zero attached hydrogens (tertiary/aromatic N) is 1. The molecule has 14 heavy (non-hydrogen) atoms. The molecule has 0 aliphatic heterocycles. The van der Waals surface area contributed by atoms with Crippen LogP contribution in [-0.2, 0) is 4.74 Å². The molecule has 0 saturated heterocycles. The van der Waals surface area contributed by atoms with Crippen molar-refractivity contribution in [3.63, 3.8) is 0 Å². The zero-order chi connectivity index (χ0) is 10.4. The summed E-state index contributed by atoms with van der Waals surface area (Å²) < 4.78 is 5.11. The Morgan fingerprint density at radius 3 is 2.50 bits per heavy atom. The van der Waals surface area contributed by atoms with E-state index in [2.05, 4.69) is 48.7 Å². The minimum absolute atomic E-state index is 0.341. The molecular weight excluding hydrogens is 194 g/mol. The maximum atomic E-state index is 5.11. The van der Waals surface area contributed by atoms with Crippen molar-refractivity contribution in [3.05, 3.63) is 35.9 Å². The third-order valence-electron chi connectivity index (χ3n) is 2.31. The van der Waals surface area contributed by atoms with Gasteiger partial charge in [-0.15, -0.1) is 0 Å². The van der Waals surface area contributed by atoms with E-state index in [1.54, 1.807) is 7.11 Å². The van der Waals surface area contributed by atoms with Crippen molar-refractivity contribution in [2.45, 2.75) is 13.0 Å². The molecule has 2 nitrogen and oxygen atoms in total. The number of thiol groups is 1. The fourth-order valence-electron chi connectivity index (χ4n) is 1.38. The van der Waals surface area contributed by atoms with Crippen LogP contribution < -0.4 is 0 Å². The van der Waals surface area contributed by atoms with Crippen LogP contribution in [0.15, 0.2) is 30.3 Å². The number of rotatable bonds is 5. The number of methoxy groups -OCH3 is 1. The molecule has 1 aromatic rings. The third-order valence-corrected chi connectivity index (χ3v) is 2.67. The predicted molar refractivity (Wildman–Crippen MR) is 62.4 cm³/mol. The topological polar surface area (TPSA) is 12.5 Å². The second-order valence-corrected chi connectivity index (χ2v) is 3.52. The first-order valence-electron chi connectivity index (χ1n) is 4.68. The van der Waals surface area contributed by atoms with Gasteiger partial charge in [-0.3, -0.25) is 4.90 Å². The molecule has 0 aromatic heterocycles. The molecule has 78 valence electrons. The second-order valence-electron chi connectivity index (χ2n) is 3.23. The minimum atomic E-state index is 0.341. The number of hydrogen-bond acceptors (Lipinski definition) is 3. The number of hydrogen-bond donors (Lipinski definition) is 1. The molecular formula is C11H17NOS. The van der Waals surface area contributed by atoms with Crippen molar-refractivity contribution in [2.75, 3.05) is 19.7 Å². The van der Waals surface area contributed by atoms with Crippen LogP contribution in [0.25, 0.3) is 0 Å². The van der Waals surface area contributed by atoms with E-state index in [0.717, 1.165) is 0 Å². The van der Waals surface area contributed by atoms with Crippen molar-refractivity contribution < 1.29 is 4.74 Å². The summed E-state index contributed by atoms with van der Waals surface area (Å²) in [5, 5.41) is 0. The summed E-state index contributed by atoms with van der Waals surface area (Å²) in [5.74, 6) is 0.698. The molecule has 0 N–H and O–H groups in total. The summed E-state index contributed by atoms with van der Waals surface area (Å²) >= 11 is 4.29. The molecule has 0 aliphatic carbocycles. The van der Waals surface area contributed by atoms with E-state index in [1.165, 1.54) is 5.56 Å². The summed E-state index contributed by atoms with van der Waals surface area (Å²) in [6.07, 6.45) is 0. The lowest BCUT2D eigenvalue weighted by atomic mass is 10.1. The van der Waals surface area contributed by atoms with E-state index in [4.69, 9.17) is 4.74 Å². The van der Waals surface area contributed by atoms with Crippen LogP contribution in [0, 0.1) is 0 Å². The number of benzene rings is 1. The first-order chi connectivity index (χ1) is 6.79. The van der Waals surface area contributed by atoms with Crippen molar-refractivity contribution in [1.29, 1.82) is 0 Å². The first kappa shape index (κ1) is 11.6. The Labute approximate surface area is 91.3 Å². The van der Waals surface area contributed by atoms with Gasteiger partial charge < -0.3 is 4.74 Å². The second kappa shape index (κ2) is 6.06. The van der Waals surface area contributed by atoms with Crippen LogP contribution in [0.4, 0.5) is 0 Å². The van der Waals surface area contributed by atoms with Gasteiger partial charge >= 0.3 is 0 Å². The molecule has 3 heteroatoms. The summed E-state index contributed by atoms with van der Waals surface area (Å²) in [4.78, 5) is 2.15. The van der Waals surface area contributed by atoms with Gasteiger partial charge in [-0.25, -0.2) is 0 Å². The Balaban J connectivity index is 2.67. The van der Waals surface area contributed by atoms with Crippen LogP contribution >= 0.6 is 12.6 Å². The highest BCUT2D eigenvalue weighted by Crippen LogP contribution is 2.19. The summed E-state index contributed by atoms with van der Waals surface area (Å²) in [5.41, 5.74) is 1.29. The van der Waals surface area contributed by atoms with Gasteiger partial charge in [0.25, 0.3) is 0 Å². The van der Waals surface area contributed by atoms with Gasteiger partial charge in [0.1, 0.15) is 0 Å². The predicted octanol–water partition coefficient (Wildman–Crippen LogP) is 2.54. The fraction of sp³-hybridized carbons (Fsp3) is 0.455. The van der Waals surface area contributed by atoms with Crippen molar-refractivity contribution in [3.8, 4) is 0 Å². The molecule has 0 saturated carbocycles. The van der Waals surface area contributed by atoms with Gasteiger partial charge in [-0.1, -0.05) is 30.3 Å². The Bertz CT molecular complexity index is 253. The lowest BCUT2D eigenvalue weighted by Crippen LogP contribution is -2.27. The van der Waals surface area contributed by atoms with E-state index in [0.29, 0.717) is 18.6 Å². The highest BCUT2D eigenvalue weighted by atomic mass is 32.1. The van der Waals surface area contributed by atoms with E-state index >= 15 is 0 Å². The Hall–Kier alpha value is -0.510. The summed E-state index contributed by atoms with van der Waals surface area (Å²) in [6.45, 7) is 2.77. The molecule has 0 spiro atoms. The smallest absolute Gasteiger partial charge is 0.0997 e. The molecule has 0 fully saturated rings. The molecule has 0 bridgehead atoms. The van der Waals surface area contributed by atoms with Crippen LogP contribution in [0.5, 0.6) is 0 Å². The monoisotopic (exact) mass is 211 g/mol. The van der Waals surface area contributed by atoms with Gasteiger partial charge in [-0.05, 0) is 12.5 Å². The molecule has 0 amide bonds. The van der Waals surface area contributed by atoms with E-state index in [-0.39, 0.29) is 0 Å². The standard InChI is InChI=1S/C11H17NOS/c1-10(12(9-14)8-13-2)11-6-4-3-5-7-11/h3-7,10,14H,8-9H2,1-2H3/t10-/m0/s1. The zero-order valence-corrected chi connectivity index (χ0v) is 9.58. The van der Waals surface area contributed by atoms with Crippen molar-refractivity contribution >= 4 is 12.6 Å². The summed E-state index contributed by atoms with van der Waals surface area (Å²) in [6, 6.07) is 10.7. The van der Waals surface area contributed by atoms with E-state index in [9.17, 15) is 0 Å². The Kier molecular flexibility index (Phi) is 5.01. The maximum Gasteiger partial charge on any atom is 0.0997 e. The lowest BCUT2D eigenvalue weighted by Gasteiger charge is -2.26. The van der Waals surface area contributed by atoms with Gasteiger partial charge in [0.2, 0.25) is 0 Å². The lowest BCUT2D eigenvalue weighted by molar-refractivity contribution is 0.0530. The molecule has 0 radical (unpaired) electrons. The van der Waals surface area contributed by atoms with Crippen LogP contribution in [0.3, 0.4) is 0 Å². The molecule has 1 aromatic carbocycles. The zero-order valence-electron chi connectivity index (χ0n) is 8.68. The van der Waals surface area contributed by atoms with Crippen LogP contribution in [0.1, 0.15) is 18.5 Å². The fourth-order valence-corrected chi connectivity index (χ4v) is 1.71. The first-order valence-corrected chi connectivity index (χ1v) is 5.31. The molecule has 0 aliphatic rings. The quantitative estimate of drug-likeness (QED) is 0.593. The normalized spacial score (nSPS) is 13.1. The van der Waals surface area contributed by atoms with Crippen molar-refractivity contribution in [2.24, 2.45) is 0 Å². The SMILES string of the molecule is COCN(CS)[C@@H](C)c1ccccc1. The average molecular weight is 211 g/mol. The molecule has 1 atom stereocenters. The third kappa shape index (κ3) is 3.01. The van der Waals surface area contributed by atoms with Gasteiger partial charge in [0.15, 0.2) is 0 Å². The molecule has 0 heterocycles. The van der Waals surface area contributed by atoms with Crippen LogP contribution in [-0.4, -0.2) is 24.6 Å². The average Bonchev–Trinajstić information content (AvgIpc) is 2.26. The number of ether oxygens (including phenoxy) is 1. The molecule has 0 unspecified atom stereocenters. The maximum absolute atomic E-state index is 5.11. The van der Waals surface area contributed by atoms with Crippen molar-refractivity contribution in [1.82, 2.24) is 4.90 Å². The highest BCUT2D eigenvalue weighted by molar-refractivity contribution is 7.80. The molecule has 1 rings (SSSR count). The Morgan fingerprint density at radius 2 is 2.00 bits per heavy atom. The summed E-state index contributed by atoms with van der Waals surface area (Å²) in [7, 11) is 1.70. The highest BCUT2D eigenvalue weighted by Gasteiger charge is 2.12. The van der Waals surface area contributed by atoms with E-state index < -0.39 is 0 Å². The largest absolute Gasteiger partial charge is 0.369 e. The minimum Gasteiger partial charge on any atom is -0.369 e. The van der Waals surface area contributed by atoms with Gasteiger partial charge in [0.05, 0.1) is 6.73 Å². The van der Waals surface area contributed by atoms with Gasteiger partial charge in [0, 0.05) is 19.0 Å². The van der Waals surface area contributed by atoms with E-state index in [1.807, 2.05) is 6.07 Å². The Morgan fingerprint density at radius 1 is 1.36 bits per heavy atom. The van der Waals surface area contributed by atoms with Crippen LogP contribution in [0.2, 0.25) is 0 Å². The van der Waals surface area contributed by atoms with Gasteiger partial charge in [-0.2, -0.15) is 12.6 Å².